The molecule has 3 aromatic rings. The summed E-state index contributed by atoms with van der Waals surface area (Å²) in [6.07, 6.45) is 3.22. The van der Waals surface area contributed by atoms with E-state index in [9.17, 15) is 9.90 Å². The Labute approximate surface area is 156 Å². The molecule has 0 saturated carbocycles. The third kappa shape index (κ3) is 3.14. The number of carbonyl (C=O) groups is 1. The van der Waals surface area contributed by atoms with Crippen LogP contribution < -0.4 is 0 Å². The Bertz CT molecular complexity index is 1010. The van der Waals surface area contributed by atoms with Gasteiger partial charge in [0.1, 0.15) is 0 Å². The number of aromatic amines is 1. The van der Waals surface area contributed by atoms with Gasteiger partial charge >= 0.3 is 5.91 Å². The molecule has 4 rings (SSSR count). The number of nitrogens with zero attached hydrogens (tertiary/aromatic N) is 2. The predicted octanol–water partition coefficient (Wildman–Crippen LogP) is 5.75. The number of H-pyrrole nitrogens is 1. The van der Waals surface area contributed by atoms with Crippen LogP contribution in [0.15, 0.2) is 39.0 Å². The molecular formula is C18H16BrN3O2S. The SMILES string of the molecule is CC1CCc2sc(C(=O)N=Nc3c(O)[nH]c4ccc(Br)cc34)cc2C1. The smallest absolute Gasteiger partial charge is 0.305 e. The van der Waals surface area contributed by atoms with Gasteiger partial charge in [0.15, 0.2) is 5.69 Å². The summed E-state index contributed by atoms with van der Waals surface area (Å²) in [5.74, 6) is 0.202. The van der Waals surface area contributed by atoms with E-state index in [0.29, 0.717) is 16.2 Å². The van der Waals surface area contributed by atoms with E-state index in [1.54, 1.807) is 0 Å². The molecule has 0 bridgehead atoms. The summed E-state index contributed by atoms with van der Waals surface area (Å²) in [6, 6.07) is 7.47. The molecule has 1 aliphatic carbocycles. The number of aromatic nitrogens is 1. The van der Waals surface area contributed by atoms with Crippen LogP contribution in [0.4, 0.5) is 5.69 Å². The summed E-state index contributed by atoms with van der Waals surface area (Å²) in [5.41, 5.74) is 2.28. The largest absolute Gasteiger partial charge is 0.493 e. The first-order chi connectivity index (χ1) is 12.0. The van der Waals surface area contributed by atoms with Gasteiger partial charge in [0.25, 0.3) is 0 Å². The monoisotopic (exact) mass is 417 g/mol. The van der Waals surface area contributed by atoms with Crippen molar-refractivity contribution in [2.75, 3.05) is 0 Å². The molecule has 2 heterocycles. The van der Waals surface area contributed by atoms with Crippen LogP contribution in [0.25, 0.3) is 10.9 Å². The fourth-order valence-corrected chi connectivity index (χ4v) is 4.64. The van der Waals surface area contributed by atoms with Gasteiger partial charge in [-0.3, -0.25) is 4.79 Å². The number of amides is 1. The van der Waals surface area contributed by atoms with Gasteiger partial charge < -0.3 is 10.1 Å². The molecule has 7 heteroatoms. The zero-order chi connectivity index (χ0) is 17.6. The number of fused-ring (bicyclic) bond motifs is 2. The zero-order valence-corrected chi connectivity index (χ0v) is 15.9. The highest BCUT2D eigenvalue weighted by Crippen LogP contribution is 2.37. The second kappa shape index (κ2) is 6.38. The van der Waals surface area contributed by atoms with Crippen molar-refractivity contribution in [2.24, 2.45) is 16.1 Å². The van der Waals surface area contributed by atoms with Crippen LogP contribution in [0, 0.1) is 5.92 Å². The molecule has 1 amide bonds. The van der Waals surface area contributed by atoms with Crippen molar-refractivity contribution in [3.63, 3.8) is 0 Å². The number of hydrogen-bond donors (Lipinski definition) is 2. The van der Waals surface area contributed by atoms with Gasteiger partial charge in [0, 0.05) is 14.7 Å². The van der Waals surface area contributed by atoms with Gasteiger partial charge in [-0.15, -0.1) is 21.6 Å². The first kappa shape index (κ1) is 16.5. The Morgan fingerprint density at radius 3 is 3.08 bits per heavy atom. The molecular weight excluding hydrogens is 402 g/mol. The summed E-state index contributed by atoms with van der Waals surface area (Å²) in [5, 5.41) is 18.6. The lowest BCUT2D eigenvalue weighted by atomic mass is 9.90. The van der Waals surface area contributed by atoms with Crippen molar-refractivity contribution in [3.05, 3.63) is 44.1 Å². The lowest BCUT2D eigenvalue weighted by Crippen LogP contribution is -2.08. The second-order valence-electron chi connectivity index (χ2n) is 6.42. The van der Waals surface area contributed by atoms with Gasteiger partial charge in [-0.25, -0.2) is 0 Å². The quantitative estimate of drug-likeness (QED) is 0.520. The van der Waals surface area contributed by atoms with Gasteiger partial charge in [-0.2, -0.15) is 0 Å². The molecule has 0 aliphatic heterocycles. The highest BCUT2D eigenvalue weighted by Gasteiger charge is 2.21. The molecule has 2 N–H and O–H groups in total. The number of hydrogen-bond acceptors (Lipinski definition) is 4. The zero-order valence-electron chi connectivity index (χ0n) is 13.5. The highest BCUT2D eigenvalue weighted by atomic mass is 79.9. The fourth-order valence-electron chi connectivity index (χ4n) is 3.19. The maximum absolute atomic E-state index is 12.4. The number of azo groups is 1. The minimum absolute atomic E-state index is 0.0936. The summed E-state index contributed by atoms with van der Waals surface area (Å²) in [6.45, 7) is 2.24. The Hall–Kier alpha value is -1.99. The topological polar surface area (TPSA) is 77.8 Å². The van der Waals surface area contributed by atoms with Crippen molar-refractivity contribution >= 4 is 49.8 Å². The van der Waals surface area contributed by atoms with E-state index in [1.165, 1.54) is 28.2 Å². The van der Waals surface area contributed by atoms with Crippen LogP contribution in [-0.2, 0) is 12.8 Å². The number of aryl methyl sites for hydroxylation is 1. The lowest BCUT2D eigenvalue weighted by molar-refractivity contribution is 0.0999. The summed E-state index contributed by atoms with van der Waals surface area (Å²) in [7, 11) is 0. The average Bonchev–Trinajstić information content (AvgIpc) is 3.12. The van der Waals surface area contributed by atoms with Gasteiger partial charge in [-0.1, -0.05) is 22.9 Å². The van der Waals surface area contributed by atoms with Crippen LogP contribution in [0.5, 0.6) is 5.88 Å². The normalized spacial score (nSPS) is 17.3. The molecule has 0 radical (unpaired) electrons. The Morgan fingerprint density at radius 1 is 1.40 bits per heavy atom. The molecule has 1 unspecified atom stereocenters. The lowest BCUT2D eigenvalue weighted by Gasteiger charge is -2.16. The van der Waals surface area contributed by atoms with E-state index < -0.39 is 0 Å². The Kier molecular flexibility index (Phi) is 4.21. The van der Waals surface area contributed by atoms with Crippen LogP contribution in [0.1, 0.15) is 33.5 Å². The molecule has 1 aliphatic rings. The van der Waals surface area contributed by atoms with E-state index in [-0.39, 0.29) is 17.5 Å². The molecule has 0 saturated heterocycles. The third-order valence-corrected chi connectivity index (χ3v) is 6.21. The van der Waals surface area contributed by atoms with Crippen LogP contribution in [-0.4, -0.2) is 16.0 Å². The number of aromatic hydroxyl groups is 1. The van der Waals surface area contributed by atoms with Gasteiger partial charge in [0.2, 0.25) is 5.88 Å². The number of halogens is 1. The van der Waals surface area contributed by atoms with Crippen LogP contribution >= 0.6 is 27.3 Å². The number of thiophene rings is 1. The third-order valence-electron chi connectivity index (χ3n) is 4.49. The standard InChI is InChI=1S/C18H16BrN3O2S/c1-9-2-5-14-10(6-9)7-15(25-14)17(23)22-21-16-12-8-11(19)3-4-13(12)20-18(16)24/h3-4,7-9,20,24H,2,5-6H2,1H3. The van der Waals surface area contributed by atoms with Crippen molar-refractivity contribution in [2.45, 2.75) is 26.2 Å². The molecule has 0 fully saturated rings. The molecule has 0 spiro atoms. The molecule has 128 valence electrons. The van der Waals surface area contributed by atoms with E-state index in [1.807, 2.05) is 24.3 Å². The number of benzene rings is 1. The maximum atomic E-state index is 12.4. The number of rotatable bonds is 2. The maximum Gasteiger partial charge on any atom is 0.305 e. The molecule has 25 heavy (non-hydrogen) atoms. The summed E-state index contributed by atoms with van der Waals surface area (Å²) < 4.78 is 0.863. The molecule has 1 atom stereocenters. The Morgan fingerprint density at radius 2 is 2.24 bits per heavy atom. The first-order valence-corrected chi connectivity index (χ1v) is 9.70. The first-order valence-electron chi connectivity index (χ1n) is 8.09. The number of carbonyl (C=O) groups excluding carboxylic acids is 1. The van der Waals surface area contributed by atoms with Crippen molar-refractivity contribution in [1.29, 1.82) is 0 Å². The van der Waals surface area contributed by atoms with Gasteiger partial charge in [-0.05, 0) is 55.0 Å². The predicted molar refractivity (Wildman–Crippen MR) is 102 cm³/mol. The van der Waals surface area contributed by atoms with Crippen molar-refractivity contribution < 1.29 is 9.90 Å². The minimum atomic E-state index is -0.365. The molecule has 1 aromatic carbocycles. The minimum Gasteiger partial charge on any atom is -0.493 e. The van der Waals surface area contributed by atoms with Crippen LogP contribution in [0.2, 0.25) is 0 Å². The summed E-state index contributed by atoms with van der Waals surface area (Å²) >= 11 is 4.91. The fraction of sp³-hybridized carbons (Fsp3) is 0.278. The summed E-state index contributed by atoms with van der Waals surface area (Å²) in [4.78, 5) is 17.1. The molecule has 2 aromatic heterocycles. The second-order valence-corrected chi connectivity index (χ2v) is 8.48. The van der Waals surface area contributed by atoms with E-state index in [0.717, 1.165) is 22.8 Å². The van der Waals surface area contributed by atoms with E-state index >= 15 is 0 Å². The van der Waals surface area contributed by atoms with E-state index in [4.69, 9.17) is 0 Å². The van der Waals surface area contributed by atoms with Gasteiger partial charge in [0.05, 0.1) is 10.4 Å². The van der Waals surface area contributed by atoms with Crippen LogP contribution in [0.3, 0.4) is 0 Å². The average molecular weight is 418 g/mol. The van der Waals surface area contributed by atoms with E-state index in [2.05, 4.69) is 38.1 Å². The van der Waals surface area contributed by atoms with Crippen molar-refractivity contribution in [1.82, 2.24) is 4.98 Å². The highest BCUT2D eigenvalue weighted by molar-refractivity contribution is 9.10. The number of nitrogens with one attached hydrogen (secondary N) is 1. The van der Waals surface area contributed by atoms with Crippen molar-refractivity contribution in [3.8, 4) is 5.88 Å². The Balaban J connectivity index is 1.63. The molecule has 5 nitrogen and oxygen atoms in total.